The van der Waals surface area contributed by atoms with Gasteiger partial charge in [0.05, 0.1) is 5.69 Å². The predicted octanol–water partition coefficient (Wildman–Crippen LogP) is 2.95. The molecule has 0 saturated carbocycles. The second-order valence-corrected chi connectivity index (χ2v) is 7.12. The molecule has 1 amide bonds. The van der Waals surface area contributed by atoms with Crippen molar-refractivity contribution in [2.45, 2.75) is 32.5 Å². The van der Waals surface area contributed by atoms with E-state index in [2.05, 4.69) is 57.4 Å². The Morgan fingerprint density at radius 2 is 1.97 bits per heavy atom. The van der Waals surface area contributed by atoms with E-state index in [-0.39, 0.29) is 11.9 Å². The number of nitrogens with one attached hydrogen (secondary N) is 1. The summed E-state index contributed by atoms with van der Waals surface area (Å²) in [7, 11) is 0. The molecular weight excluding hydrogens is 364 g/mol. The number of para-hydroxylation sites is 1. The van der Waals surface area contributed by atoms with Crippen LogP contribution in [0, 0.1) is 0 Å². The Morgan fingerprint density at radius 1 is 1.17 bits per heavy atom. The summed E-state index contributed by atoms with van der Waals surface area (Å²) in [5.41, 5.74) is 9.83. The molecule has 0 spiro atoms. The summed E-state index contributed by atoms with van der Waals surface area (Å²) in [5, 5.41) is 8.95. The maximum Gasteiger partial charge on any atom is 0.219 e. The van der Waals surface area contributed by atoms with Crippen LogP contribution in [0.2, 0.25) is 0 Å². The highest BCUT2D eigenvalue weighted by Gasteiger charge is 2.11. The van der Waals surface area contributed by atoms with Crippen molar-refractivity contribution < 1.29 is 4.79 Å². The van der Waals surface area contributed by atoms with Crippen LogP contribution in [0.15, 0.2) is 67.4 Å². The Kier molecular flexibility index (Phi) is 5.39. The van der Waals surface area contributed by atoms with Crippen LogP contribution in [-0.2, 0) is 17.9 Å². The summed E-state index contributed by atoms with van der Waals surface area (Å²) >= 11 is 0. The van der Waals surface area contributed by atoms with Crippen molar-refractivity contribution in [3.05, 3.63) is 78.5 Å². The van der Waals surface area contributed by atoms with Crippen molar-refractivity contribution in [1.82, 2.24) is 24.6 Å². The molecule has 4 rings (SSSR count). The summed E-state index contributed by atoms with van der Waals surface area (Å²) in [6.45, 7) is 3.47. The van der Waals surface area contributed by atoms with Crippen molar-refractivity contribution in [1.29, 1.82) is 0 Å². The molecule has 7 heteroatoms. The van der Waals surface area contributed by atoms with Crippen LogP contribution in [-0.4, -0.2) is 25.2 Å². The quantitative estimate of drug-likeness (QED) is 0.485. The first-order valence-corrected chi connectivity index (χ1v) is 9.65. The Morgan fingerprint density at radius 3 is 2.69 bits per heavy atom. The number of hydrogen-bond acceptors (Lipinski definition) is 4. The zero-order chi connectivity index (χ0) is 20.2. The Labute approximate surface area is 169 Å². The molecule has 7 nitrogen and oxygen atoms in total. The SMILES string of the molecule is C[C@H](NCc1cn(CCC(N)=O)c2ccccc12)c1ccc(-n2cncn2)cc1. The molecule has 0 bridgehead atoms. The van der Waals surface area contributed by atoms with Gasteiger partial charge in [0.2, 0.25) is 5.91 Å². The number of rotatable bonds is 8. The lowest BCUT2D eigenvalue weighted by atomic mass is 10.1. The van der Waals surface area contributed by atoms with E-state index in [1.807, 2.05) is 24.3 Å². The first-order chi connectivity index (χ1) is 14.1. The minimum atomic E-state index is -0.287. The number of carbonyl (C=O) groups excluding carboxylic acids is 1. The molecule has 2 aromatic carbocycles. The van der Waals surface area contributed by atoms with E-state index in [4.69, 9.17) is 5.73 Å². The van der Waals surface area contributed by atoms with Crippen LogP contribution in [0.1, 0.15) is 30.5 Å². The summed E-state index contributed by atoms with van der Waals surface area (Å²) in [6.07, 6.45) is 5.66. The third kappa shape index (κ3) is 4.20. The molecule has 0 radical (unpaired) electrons. The van der Waals surface area contributed by atoms with Crippen molar-refractivity contribution in [3.8, 4) is 5.69 Å². The molecule has 0 saturated heterocycles. The summed E-state index contributed by atoms with van der Waals surface area (Å²) in [6, 6.07) is 16.7. The van der Waals surface area contributed by atoms with Gasteiger partial charge in [0.25, 0.3) is 0 Å². The average Bonchev–Trinajstić information content (AvgIpc) is 3.39. The van der Waals surface area contributed by atoms with Crippen molar-refractivity contribution in [2.75, 3.05) is 0 Å². The molecular formula is C22H24N6O. The first-order valence-electron chi connectivity index (χ1n) is 9.65. The molecule has 29 heavy (non-hydrogen) atoms. The van der Waals surface area contributed by atoms with Crippen LogP contribution in [0.5, 0.6) is 0 Å². The van der Waals surface area contributed by atoms with E-state index < -0.39 is 0 Å². The van der Waals surface area contributed by atoms with Gasteiger partial charge in [-0.2, -0.15) is 5.10 Å². The van der Waals surface area contributed by atoms with E-state index in [1.165, 1.54) is 22.8 Å². The largest absolute Gasteiger partial charge is 0.370 e. The van der Waals surface area contributed by atoms with Gasteiger partial charge >= 0.3 is 0 Å². The predicted molar refractivity (Wildman–Crippen MR) is 112 cm³/mol. The van der Waals surface area contributed by atoms with Crippen molar-refractivity contribution in [3.63, 3.8) is 0 Å². The molecule has 0 unspecified atom stereocenters. The molecule has 1 atom stereocenters. The fourth-order valence-corrected chi connectivity index (χ4v) is 3.52. The lowest BCUT2D eigenvalue weighted by molar-refractivity contribution is -0.118. The molecule has 2 aromatic heterocycles. The molecule has 0 aliphatic carbocycles. The van der Waals surface area contributed by atoms with Gasteiger partial charge in [-0.3, -0.25) is 4.79 Å². The first kappa shape index (κ1) is 18.9. The van der Waals surface area contributed by atoms with E-state index in [9.17, 15) is 4.79 Å². The fraction of sp³-hybridized carbons (Fsp3) is 0.227. The Bertz CT molecular complexity index is 1100. The molecule has 2 heterocycles. The number of amides is 1. The lowest BCUT2D eigenvalue weighted by Gasteiger charge is -2.14. The molecule has 0 aliphatic heterocycles. The third-order valence-electron chi connectivity index (χ3n) is 5.15. The summed E-state index contributed by atoms with van der Waals surface area (Å²) in [4.78, 5) is 15.2. The van der Waals surface area contributed by atoms with Crippen LogP contribution < -0.4 is 11.1 Å². The number of fused-ring (bicyclic) bond motifs is 1. The molecule has 0 fully saturated rings. The number of hydrogen-bond donors (Lipinski definition) is 2. The van der Waals surface area contributed by atoms with Gasteiger partial charge in [0.1, 0.15) is 12.7 Å². The average molecular weight is 388 g/mol. The minimum absolute atomic E-state index is 0.188. The number of aryl methyl sites for hydroxylation is 1. The monoisotopic (exact) mass is 388 g/mol. The molecule has 148 valence electrons. The number of nitrogens with zero attached hydrogens (tertiary/aromatic N) is 4. The normalized spacial score (nSPS) is 12.3. The number of aromatic nitrogens is 4. The Hall–Kier alpha value is -3.45. The van der Waals surface area contributed by atoms with Gasteiger partial charge in [-0.25, -0.2) is 9.67 Å². The van der Waals surface area contributed by atoms with Gasteiger partial charge < -0.3 is 15.6 Å². The molecule has 3 N–H and O–H groups in total. The van der Waals surface area contributed by atoms with E-state index in [1.54, 1.807) is 11.0 Å². The second-order valence-electron chi connectivity index (χ2n) is 7.12. The second kappa shape index (κ2) is 8.28. The van der Waals surface area contributed by atoms with E-state index in [0.717, 1.165) is 17.7 Å². The van der Waals surface area contributed by atoms with Crippen LogP contribution in [0.3, 0.4) is 0 Å². The molecule has 4 aromatic rings. The zero-order valence-corrected chi connectivity index (χ0v) is 16.3. The van der Waals surface area contributed by atoms with Crippen LogP contribution in [0.4, 0.5) is 0 Å². The minimum Gasteiger partial charge on any atom is -0.370 e. The number of primary amides is 1. The number of carbonyl (C=O) groups is 1. The van der Waals surface area contributed by atoms with Crippen LogP contribution in [0.25, 0.3) is 16.6 Å². The standard InChI is InChI=1S/C22H24N6O/c1-16(17-6-8-19(9-7-17)28-15-24-14-26-28)25-12-18-13-27(11-10-22(23)29)21-5-3-2-4-20(18)21/h2-9,13-16,25H,10-12H2,1H3,(H2,23,29)/t16-/m0/s1. The lowest BCUT2D eigenvalue weighted by Crippen LogP contribution is -2.18. The highest BCUT2D eigenvalue weighted by atomic mass is 16.1. The van der Waals surface area contributed by atoms with Gasteiger partial charge in [-0.1, -0.05) is 30.3 Å². The third-order valence-corrected chi connectivity index (χ3v) is 5.15. The topological polar surface area (TPSA) is 90.8 Å². The van der Waals surface area contributed by atoms with Gasteiger partial charge in [0.15, 0.2) is 0 Å². The summed E-state index contributed by atoms with van der Waals surface area (Å²) in [5.74, 6) is -0.287. The maximum atomic E-state index is 11.2. The van der Waals surface area contributed by atoms with Gasteiger partial charge in [0, 0.05) is 42.7 Å². The number of nitrogens with two attached hydrogens (primary N) is 1. The van der Waals surface area contributed by atoms with E-state index >= 15 is 0 Å². The smallest absolute Gasteiger partial charge is 0.219 e. The summed E-state index contributed by atoms with van der Waals surface area (Å²) < 4.78 is 3.84. The van der Waals surface area contributed by atoms with Crippen molar-refractivity contribution in [2.24, 2.45) is 5.73 Å². The highest BCUT2D eigenvalue weighted by Crippen LogP contribution is 2.23. The fourth-order valence-electron chi connectivity index (χ4n) is 3.52. The Balaban J connectivity index is 1.47. The number of benzene rings is 2. The molecule has 0 aliphatic rings. The van der Waals surface area contributed by atoms with Crippen molar-refractivity contribution >= 4 is 16.8 Å². The highest BCUT2D eigenvalue weighted by molar-refractivity contribution is 5.84. The zero-order valence-electron chi connectivity index (χ0n) is 16.3. The van der Waals surface area contributed by atoms with Gasteiger partial charge in [-0.15, -0.1) is 0 Å². The van der Waals surface area contributed by atoms with Crippen LogP contribution >= 0.6 is 0 Å². The van der Waals surface area contributed by atoms with E-state index in [0.29, 0.717) is 13.0 Å². The maximum absolute atomic E-state index is 11.2. The van der Waals surface area contributed by atoms with Gasteiger partial charge in [-0.05, 0) is 36.2 Å².